The Morgan fingerprint density at radius 3 is 2.76 bits per heavy atom. The minimum Gasteiger partial charge on any atom is -0.398 e. The lowest BCUT2D eigenvalue weighted by molar-refractivity contribution is -0.117. The highest BCUT2D eigenvalue weighted by Gasteiger charge is 2.20. The zero-order chi connectivity index (χ0) is 15.5. The molecule has 0 spiro atoms. The highest BCUT2D eigenvalue weighted by molar-refractivity contribution is 7.91. The number of hydrogen-bond donors (Lipinski definition) is 2. The van der Waals surface area contributed by atoms with Crippen molar-refractivity contribution >= 4 is 21.4 Å². The number of anilines is 1. The van der Waals surface area contributed by atoms with Gasteiger partial charge in [0.1, 0.15) is 0 Å². The molecule has 0 aromatic heterocycles. The van der Waals surface area contributed by atoms with Crippen molar-refractivity contribution < 1.29 is 13.2 Å². The lowest BCUT2D eigenvalue weighted by Gasteiger charge is -2.29. The number of carbonyl (C=O) groups excluding carboxylic acids is 1. The number of benzene rings is 1. The molecule has 116 valence electrons. The van der Waals surface area contributed by atoms with Crippen LogP contribution >= 0.6 is 0 Å². The number of nitrogen functional groups attached to an aromatic ring is 1. The van der Waals surface area contributed by atoms with Gasteiger partial charge in [0.05, 0.1) is 11.5 Å². The number of amides is 1. The second kappa shape index (κ2) is 6.44. The molecule has 0 saturated heterocycles. The molecule has 1 aromatic rings. The maximum Gasteiger partial charge on any atom is 0.218 e. The fourth-order valence-electron chi connectivity index (χ4n) is 2.51. The predicted octanol–water partition coefficient (Wildman–Crippen LogP) is -0.0829. The van der Waals surface area contributed by atoms with Crippen molar-refractivity contribution in [3.05, 3.63) is 29.3 Å². The molecule has 0 fully saturated rings. The highest BCUT2D eigenvalue weighted by atomic mass is 32.2. The molecule has 1 aliphatic rings. The average Bonchev–Trinajstić information content (AvgIpc) is 2.43. The molecule has 2 rings (SSSR count). The quantitative estimate of drug-likeness (QED) is 0.715. The van der Waals surface area contributed by atoms with E-state index in [0.717, 1.165) is 24.2 Å². The Kier molecular flexibility index (Phi) is 4.84. The van der Waals surface area contributed by atoms with Crippen LogP contribution in [0.3, 0.4) is 0 Å². The van der Waals surface area contributed by atoms with Gasteiger partial charge >= 0.3 is 0 Å². The molecule has 21 heavy (non-hydrogen) atoms. The average molecular weight is 311 g/mol. The van der Waals surface area contributed by atoms with E-state index in [9.17, 15) is 13.2 Å². The van der Waals surface area contributed by atoms with E-state index in [1.165, 1.54) is 5.56 Å². The summed E-state index contributed by atoms with van der Waals surface area (Å²) < 4.78 is 23.6. The zero-order valence-electron chi connectivity index (χ0n) is 11.9. The number of carbonyl (C=O) groups is 1. The first kappa shape index (κ1) is 15.8. The van der Waals surface area contributed by atoms with Gasteiger partial charge in [0.25, 0.3) is 0 Å². The SMILES string of the molecule is NC(=O)CCS(=O)(=O)CCN1CCc2c(N)cccc2C1. The van der Waals surface area contributed by atoms with Crippen LogP contribution in [0.2, 0.25) is 0 Å². The van der Waals surface area contributed by atoms with Crippen LogP contribution in [-0.4, -0.2) is 43.8 Å². The number of nitrogens with two attached hydrogens (primary N) is 2. The van der Waals surface area contributed by atoms with Crippen LogP contribution in [0.15, 0.2) is 18.2 Å². The van der Waals surface area contributed by atoms with Crippen LogP contribution in [0.25, 0.3) is 0 Å². The van der Waals surface area contributed by atoms with E-state index in [1.807, 2.05) is 18.2 Å². The molecular weight excluding hydrogens is 290 g/mol. The molecule has 0 atom stereocenters. The molecule has 1 amide bonds. The van der Waals surface area contributed by atoms with Gasteiger partial charge in [-0.15, -0.1) is 0 Å². The molecule has 1 heterocycles. The van der Waals surface area contributed by atoms with E-state index in [4.69, 9.17) is 11.5 Å². The van der Waals surface area contributed by atoms with E-state index >= 15 is 0 Å². The normalized spacial score (nSPS) is 15.6. The molecule has 0 unspecified atom stereocenters. The van der Waals surface area contributed by atoms with Gasteiger partial charge in [-0.2, -0.15) is 0 Å². The Labute approximate surface area is 125 Å². The highest BCUT2D eigenvalue weighted by Crippen LogP contribution is 2.23. The van der Waals surface area contributed by atoms with Crippen LogP contribution in [0.4, 0.5) is 5.69 Å². The van der Waals surface area contributed by atoms with Gasteiger partial charge in [0.2, 0.25) is 5.91 Å². The van der Waals surface area contributed by atoms with Crippen molar-refractivity contribution in [3.63, 3.8) is 0 Å². The van der Waals surface area contributed by atoms with Crippen molar-refractivity contribution in [2.45, 2.75) is 19.4 Å². The van der Waals surface area contributed by atoms with E-state index < -0.39 is 15.7 Å². The van der Waals surface area contributed by atoms with Gasteiger partial charge in [-0.3, -0.25) is 9.69 Å². The maximum absolute atomic E-state index is 11.8. The monoisotopic (exact) mass is 311 g/mol. The molecule has 0 aliphatic carbocycles. The van der Waals surface area contributed by atoms with Crippen molar-refractivity contribution in [2.24, 2.45) is 5.73 Å². The van der Waals surface area contributed by atoms with E-state index in [0.29, 0.717) is 13.1 Å². The zero-order valence-corrected chi connectivity index (χ0v) is 12.7. The van der Waals surface area contributed by atoms with Gasteiger partial charge in [-0.25, -0.2) is 8.42 Å². The third-order valence-electron chi connectivity index (χ3n) is 3.76. The summed E-state index contributed by atoms with van der Waals surface area (Å²) >= 11 is 0. The van der Waals surface area contributed by atoms with Crippen molar-refractivity contribution in [3.8, 4) is 0 Å². The first-order chi connectivity index (χ1) is 9.87. The largest absolute Gasteiger partial charge is 0.398 e. The Morgan fingerprint density at radius 2 is 2.05 bits per heavy atom. The van der Waals surface area contributed by atoms with E-state index in [1.54, 1.807) is 0 Å². The number of nitrogens with zero attached hydrogens (tertiary/aromatic N) is 1. The molecule has 0 radical (unpaired) electrons. The molecular formula is C14H21N3O3S. The number of sulfone groups is 1. The van der Waals surface area contributed by atoms with E-state index in [-0.39, 0.29) is 17.9 Å². The lowest BCUT2D eigenvalue weighted by atomic mass is 9.98. The summed E-state index contributed by atoms with van der Waals surface area (Å²) in [7, 11) is -3.23. The summed E-state index contributed by atoms with van der Waals surface area (Å²) in [6, 6.07) is 5.84. The molecule has 7 heteroatoms. The molecule has 0 bridgehead atoms. The first-order valence-corrected chi connectivity index (χ1v) is 8.77. The van der Waals surface area contributed by atoms with Crippen LogP contribution in [0, 0.1) is 0 Å². The molecule has 4 N–H and O–H groups in total. The maximum atomic E-state index is 11.8. The van der Waals surface area contributed by atoms with Crippen molar-refractivity contribution in [1.82, 2.24) is 4.90 Å². The van der Waals surface area contributed by atoms with Crippen molar-refractivity contribution in [1.29, 1.82) is 0 Å². The van der Waals surface area contributed by atoms with Gasteiger partial charge in [0.15, 0.2) is 9.84 Å². The predicted molar refractivity (Wildman–Crippen MR) is 82.3 cm³/mol. The minimum atomic E-state index is -3.23. The summed E-state index contributed by atoms with van der Waals surface area (Å²) in [6.07, 6.45) is 0.727. The summed E-state index contributed by atoms with van der Waals surface area (Å²) in [4.78, 5) is 12.8. The Hall–Kier alpha value is -1.60. The Balaban J connectivity index is 1.90. The summed E-state index contributed by atoms with van der Waals surface area (Å²) in [6.45, 7) is 1.98. The number of fused-ring (bicyclic) bond motifs is 1. The number of primary amides is 1. The lowest BCUT2D eigenvalue weighted by Crippen LogP contribution is -2.35. The summed E-state index contributed by atoms with van der Waals surface area (Å²) in [5, 5.41) is 0. The molecule has 1 aliphatic heterocycles. The number of rotatable bonds is 6. The third-order valence-corrected chi connectivity index (χ3v) is 5.39. The van der Waals surface area contributed by atoms with Gasteiger partial charge < -0.3 is 11.5 Å². The topological polar surface area (TPSA) is 106 Å². The van der Waals surface area contributed by atoms with Gasteiger partial charge in [-0.1, -0.05) is 12.1 Å². The molecule has 6 nitrogen and oxygen atoms in total. The Morgan fingerprint density at radius 1 is 1.29 bits per heavy atom. The third kappa shape index (κ3) is 4.44. The number of hydrogen-bond acceptors (Lipinski definition) is 5. The standard InChI is InChI=1S/C14H21N3O3S/c15-13-3-1-2-11-10-17(6-4-12(11)13)7-9-21(19,20)8-5-14(16)18/h1-3H,4-10,15H2,(H2,16,18). The second-order valence-electron chi connectivity index (χ2n) is 5.38. The molecule has 1 aromatic carbocycles. The Bertz CT molecular complexity index is 628. The van der Waals surface area contributed by atoms with Crippen LogP contribution in [0.1, 0.15) is 17.5 Å². The smallest absolute Gasteiger partial charge is 0.218 e. The van der Waals surface area contributed by atoms with Gasteiger partial charge in [-0.05, 0) is 23.6 Å². The van der Waals surface area contributed by atoms with Crippen molar-refractivity contribution in [2.75, 3.05) is 30.3 Å². The fourth-order valence-corrected chi connectivity index (χ4v) is 3.77. The van der Waals surface area contributed by atoms with Gasteiger partial charge in [0, 0.05) is 31.7 Å². The summed E-state index contributed by atoms with van der Waals surface area (Å²) in [5.74, 6) is -0.696. The molecule has 0 saturated carbocycles. The van der Waals surface area contributed by atoms with Crippen LogP contribution < -0.4 is 11.5 Å². The van der Waals surface area contributed by atoms with Crippen LogP contribution in [-0.2, 0) is 27.6 Å². The van der Waals surface area contributed by atoms with Crippen LogP contribution in [0.5, 0.6) is 0 Å². The fraction of sp³-hybridized carbons (Fsp3) is 0.500. The first-order valence-electron chi connectivity index (χ1n) is 6.95. The minimum absolute atomic E-state index is 0.0535. The summed E-state index contributed by atoms with van der Waals surface area (Å²) in [5.41, 5.74) is 14.1. The van der Waals surface area contributed by atoms with E-state index in [2.05, 4.69) is 4.90 Å². The second-order valence-corrected chi connectivity index (χ2v) is 7.68.